The lowest BCUT2D eigenvalue weighted by molar-refractivity contribution is 1.02. The Bertz CT molecular complexity index is 371. The molecule has 0 fully saturated rings. The summed E-state index contributed by atoms with van der Waals surface area (Å²) in [6, 6.07) is 3.79. The van der Waals surface area contributed by atoms with Crippen molar-refractivity contribution in [2.45, 2.75) is 0 Å². The van der Waals surface area contributed by atoms with E-state index < -0.39 is 0 Å². The lowest BCUT2D eigenvalue weighted by atomic mass is 10.4. The summed E-state index contributed by atoms with van der Waals surface area (Å²) in [5, 5.41) is 7.41. The largest absolute Gasteiger partial charge is 0.285 e. The first kappa shape index (κ1) is 7.42. The van der Waals surface area contributed by atoms with Crippen molar-refractivity contribution in [2.24, 2.45) is 0 Å². The van der Waals surface area contributed by atoms with E-state index in [2.05, 4.69) is 31.1 Å². The summed E-state index contributed by atoms with van der Waals surface area (Å²) >= 11 is 3.33. The first-order chi connectivity index (χ1) is 5.88. The molecule has 0 radical (unpaired) electrons. The monoisotopic (exact) mass is 224 g/mol. The van der Waals surface area contributed by atoms with Crippen molar-refractivity contribution in [1.29, 1.82) is 0 Å². The van der Waals surface area contributed by atoms with Gasteiger partial charge in [0.05, 0.1) is 5.69 Å². The number of rotatable bonds is 1. The van der Waals surface area contributed by atoms with Crippen LogP contribution in [0, 0.1) is 0 Å². The van der Waals surface area contributed by atoms with Gasteiger partial charge in [-0.1, -0.05) is 0 Å². The van der Waals surface area contributed by atoms with E-state index in [9.17, 15) is 0 Å². The van der Waals surface area contributed by atoms with E-state index in [4.69, 9.17) is 0 Å². The van der Waals surface area contributed by atoms with Gasteiger partial charge in [-0.25, -0.2) is 4.98 Å². The maximum absolute atomic E-state index is 4.08. The van der Waals surface area contributed by atoms with Crippen molar-refractivity contribution >= 4 is 15.9 Å². The van der Waals surface area contributed by atoms with Gasteiger partial charge in [0.25, 0.3) is 0 Å². The van der Waals surface area contributed by atoms with E-state index in [1.807, 2.05) is 12.1 Å². The highest BCUT2D eigenvalue weighted by molar-refractivity contribution is 9.10. The SMILES string of the molecule is Brc1ncccc1-n1cnnc1. The molecule has 0 aliphatic carbocycles. The Morgan fingerprint density at radius 2 is 2.00 bits per heavy atom. The maximum atomic E-state index is 4.08. The second-order valence-electron chi connectivity index (χ2n) is 2.18. The van der Waals surface area contributed by atoms with Gasteiger partial charge >= 0.3 is 0 Å². The van der Waals surface area contributed by atoms with Crippen LogP contribution in [0.4, 0.5) is 0 Å². The molecule has 2 aromatic heterocycles. The van der Waals surface area contributed by atoms with Crippen molar-refractivity contribution < 1.29 is 0 Å². The van der Waals surface area contributed by atoms with Gasteiger partial charge < -0.3 is 0 Å². The molecule has 2 aromatic rings. The van der Waals surface area contributed by atoms with Crippen LogP contribution < -0.4 is 0 Å². The van der Waals surface area contributed by atoms with Crippen LogP contribution in [-0.4, -0.2) is 19.7 Å². The van der Waals surface area contributed by atoms with Gasteiger partial charge in [-0.2, -0.15) is 0 Å². The highest BCUT2D eigenvalue weighted by atomic mass is 79.9. The molecule has 2 rings (SSSR count). The summed E-state index contributed by atoms with van der Waals surface area (Å²) in [5.41, 5.74) is 0.933. The van der Waals surface area contributed by atoms with Crippen LogP contribution in [0.25, 0.3) is 5.69 Å². The number of hydrogen-bond acceptors (Lipinski definition) is 3. The molecule has 0 N–H and O–H groups in total. The Hall–Kier alpha value is -1.23. The van der Waals surface area contributed by atoms with Crippen LogP contribution >= 0.6 is 15.9 Å². The molecular formula is C7H5BrN4. The summed E-state index contributed by atoms with van der Waals surface area (Å²) in [5.74, 6) is 0. The van der Waals surface area contributed by atoms with Crippen molar-refractivity contribution in [3.8, 4) is 5.69 Å². The first-order valence-corrected chi connectivity index (χ1v) is 4.13. The molecule has 5 heteroatoms. The highest BCUT2D eigenvalue weighted by Crippen LogP contribution is 2.15. The molecule has 0 amide bonds. The van der Waals surface area contributed by atoms with Gasteiger partial charge in [0.15, 0.2) is 0 Å². The highest BCUT2D eigenvalue weighted by Gasteiger charge is 2.00. The fourth-order valence-corrected chi connectivity index (χ4v) is 1.35. The average molecular weight is 225 g/mol. The first-order valence-electron chi connectivity index (χ1n) is 3.33. The van der Waals surface area contributed by atoms with Crippen LogP contribution in [0.1, 0.15) is 0 Å². The van der Waals surface area contributed by atoms with Gasteiger partial charge in [0.1, 0.15) is 17.3 Å². The maximum Gasteiger partial charge on any atom is 0.130 e. The molecule has 0 bridgehead atoms. The molecule has 4 nitrogen and oxygen atoms in total. The number of aromatic nitrogens is 4. The second-order valence-corrected chi connectivity index (χ2v) is 2.93. The Kier molecular flexibility index (Phi) is 1.87. The van der Waals surface area contributed by atoms with Crippen LogP contribution in [0.2, 0.25) is 0 Å². The van der Waals surface area contributed by atoms with Crippen molar-refractivity contribution in [1.82, 2.24) is 19.7 Å². The topological polar surface area (TPSA) is 43.6 Å². The molecule has 0 aliphatic heterocycles. The van der Waals surface area contributed by atoms with Crippen molar-refractivity contribution in [2.75, 3.05) is 0 Å². The van der Waals surface area contributed by atoms with Crippen molar-refractivity contribution in [3.63, 3.8) is 0 Å². The Labute approximate surface area is 77.4 Å². The Morgan fingerprint density at radius 3 is 2.67 bits per heavy atom. The molecular weight excluding hydrogens is 220 g/mol. The molecule has 0 spiro atoms. The third kappa shape index (κ3) is 1.23. The molecule has 2 heterocycles. The lowest BCUT2D eigenvalue weighted by Gasteiger charge is -2.00. The number of halogens is 1. The second kappa shape index (κ2) is 3.02. The van der Waals surface area contributed by atoms with Gasteiger partial charge in [0.2, 0.25) is 0 Å². The molecule has 0 aromatic carbocycles. The summed E-state index contributed by atoms with van der Waals surface area (Å²) < 4.78 is 2.57. The van der Waals surface area contributed by atoms with E-state index in [1.54, 1.807) is 23.4 Å². The molecule has 0 atom stereocenters. The minimum Gasteiger partial charge on any atom is -0.285 e. The fourth-order valence-electron chi connectivity index (χ4n) is 0.895. The molecule has 60 valence electrons. The smallest absolute Gasteiger partial charge is 0.130 e. The van der Waals surface area contributed by atoms with E-state index in [1.165, 1.54) is 0 Å². The molecule has 0 aliphatic rings. The zero-order valence-electron chi connectivity index (χ0n) is 6.05. The zero-order valence-corrected chi connectivity index (χ0v) is 7.64. The molecule has 0 saturated carbocycles. The zero-order chi connectivity index (χ0) is 8.39. The minimum atomic E-state index is 0.782. The summed E-state index contributed by atoms with van der Waals surface area (Å²) in [6.45, 7) is 0. The normalized spacial score (nSPS) is 10.1. The number of pyridine rings is 1. The standard InChI is InChI=1S/C7H5BrN4/c8-7-6(2-1-3-9-7)12-4-10-11-5-12/h1-5H. The number of nitrogens with zero attached hydrogens (tertiary/aromatic N) is 4. The van der Waals surface area contributed by atoms with Gasteiger partial charge in [-0.3, -0.25) is 4.57 Å². The summed E-state index contributed by atoms with van der Waals surface area (Å²) in [6.07, 6.45) is 4.97. The lowest BCUT2D eigenvalue weighted by Crippen LogP contribution is -1.92. The third-order valence-electron chi connectivity index (χ3n) is 1.44. The average Bonchev–Trinajstić information content (AvgIpc) is 2.57. The van der Waals surface area contributed by atoms with Gasteiger partial charge in [-0.05, 0) is 28.1 Å². The van der Waals surface area contributed by atoms with Crippen LogP contribution in [0.5, 0.6) is 0 Å². The molecule has 0 saturated heterocycles. The minimum absolute atomic E-state index is 0.782. The van der Waals surface area contributed by atoms with Crippen molar-refractivity contribution in [3.05, 3.63) is 35.6 Å². The van der Waals surface area contributed by atoms with Crippen LogP contribution in [0.15, 0.2) is 35.6 Å². The quantitative estimate of drug-likeness (QED) is 0.689. The van der Waals surface area contributed by atoms with E-state index in [-0.39, 0.29) is 0 Å². The predicted molar refractivity (Wildman–Crippen MR) is 46.9 cm³/mol. The van der Waals surface area contributed by atoms with Crippen LogP contribution in [0.3, 0.4) is 0 Å². The van der Waals surface area contributed by atoms with Gasteiger partial charge in [-0.15, -0.1) is 10.2 Å². The predicted octanol–water partition coefficient (Wildman–Crippen LogP) is 1.42. The molecule has 0 unspecified atom stereocenters. The Balaban J connectivity index is 2.55. The van der Waals surface area contributed by atoms with E-state index in [0.29, 0.717) is 0 Å². The fraction of sp³-hybridized carbons (Fsp3) is 0. The van der Waals surface area contributed by atoms with Gasteiger partial charge in [0, 0.05) is 6.20 Å². The Morgan fingerprint density at radius 1 is 1.25 bits per heavy atom. The van der Waals surface area contributed by atoms with E-state index >= 15 is 0 Å². The summed E-state index contributed by atoms with van der Waals surface area (Å²) in [7, 11) is 0. The third-order valence-corrected chi connectivity index (χ3v) is 2.05. The summed E-state index contributed by atoms with van der Waals surface area (Å²) in [4.78, 5) is 4.08. The van der Waals surface area contributed by atoms with Crippen LogP contribution in [-0.2, 0) is 0 Å². The van der Waals surface area contributed by atoms with E-state index in [0.717, 1.165) is 10.3 Å². The molecule has 12 heavy (non-hydrogen) atoms. The number of hydrogen-bond donors (Lipinski definition) is 0.